The lowest BCUT2D eigenvalue weighted by Crippen LogP contribution is -2.34. The van der Waals surface area contributed by atoms with Gasteiger partial charge in [0.15, 0.2) is 12.0 Å². The number of hydrogen-bond donors (Lipinski definition) is 1. The molecule has 1 aliphatic rings. The number of benzene rings is 1. The van der Waals surface area contributed by atoms with Crippen LogP contribution in [0.4, 0.5) is 0 Å². The second-order valence-electron chi connectivity index (χ2n) is 5.78. The minimum atomic E-state index is -0.163. The summed E-state index contributed by atoms with van der Waals surface area (Å²) in [4.78, 5) is 20.3. The van der Waals surface area contributed by atoms with Crippen LogP contribution in [0.3, 0.4) is 0 Å². The lowest BCUT2D eigenvalue weighted by Gasteiger charge is -2.27. The first kappa shape index (κ1) is 14.8. The minimum Gasteiger partial charge on any atom is -0.443 e. The number of amides is 1. The van der Waals surface area contributed by atoms with Crippen molar-refractivity contribution >= 4 is 17.0 Å². The number of hydrogen-bond acceptors (Lipinski definition) is 5. The SMILES string of the molecule is CCC(=O)NC1COCc2c(-c3ccc4ocnc4c3)cncc21. The van der Waals surface area contributed by atoms with Crippen LogP contribution in [0.1, 0.15) is 30.5 Å². The molecule has 122 valence electrons. The molecule has 1 aromatic carbocycles. The van der Waals surface area contributed by atoms with E-state index in [-0.39, 0.29) is 11.9 Å². The predicted octanol–water partition coefficient (Wildman–Crippen LogP) is 2.99. The lowest BCUT2D eigenvalue weighted by atomic mass is 9.93. The summed E-state index contributed by atoms with van der Waals surface area (Å²) in [5.74, 6) is 0.00543. The normalized spacial score (nSPS) is 16.8. The molecule has 0 radical (unpaired) electrons. The van der Waals surface area contributed by atoms with Gasteiger partial charge in [-0.1, -0.05) is 13.0 Å². The van der Waals surface area contributed by atoms with Crippen LogP contribution in [0.25, 0.3) is 22.2 Å². The molecule has 6 heteroatoms. The molecule has 3 heterocycles. The molecule has 0 spiro atoms. The molecule has 6 nitrogen and oxygen atoms in total. The molecule has 1 N–H and O–H groups in total. The Morgan fingerprint density at radius 3 is 3.17 bits per heavy atom. The first-order chi connectivity index (χ1) is 11.8. The smallest absolute Gasteiger partial charge is 0.220 e. The van der Waals surface area contributed by atoms with Crippen molar-refractivity contribution in [2.45, 2.75) is 26.0 Å². The molecular weight excluding hydrogens is 306 g/mol. The molecule has 0 aliphatic carbocycles. The first-order valence-electron chi connectivity index (χ1n) is 7.93. The van der Waals surface area contributed by atoms with Crippen molar-refractivity contribution in [1.29, 1.82) is 0 Å². The third kappa shape index (κ3) is 2.55. The summed E-state index contributed by atoms with van der Waals surface area (Å²) in [6.07, 6.45) is 5.53. The highest BCUT2D eigenvalue weighted by molar-refractivity contribution is 5.81. The van der Waals surface area contributed by atoms with Crippen LogP contribution >= 0.6 is 0 Å². The number of pyridine rings is 1. The highest BCUT2D eigenvalue weighted by Gasteiger charge is 2.25. The maximum absolute atomic E-state index is 11.8. The van der Waals surface area contributed by atoms with Gasteiger partial charge in [-0.3, -0.25) is 9.78 Å². The van der Waals surface area contributed by atoms with Crippen molar-refractivity contribution in [3.63, 3.8) is 0 Å². The predicted molar refractivity (Wildman–Crippen MR) is 88.1 cm³/mol. The van der Waals surface area contributed by atoms with Crippen molar-refractivity contribution in [3.05, 3.63) is 48.1 Å². The van der Waals surface area contributed by atoms with E-state index in [1.54, 1.807) is 0 Å². The number of ether oxygens (including phenoxy) is 1. The fraction of sp³-hybridized carbons (Fsp3) is 0.278. The average molecular weight is 323 g/mol. The second kappa shape index (κ2) is 6.05. The number of carbonyl (C=O) groups is 1. The van der Waals surface area contributed by atoms with Gasteiger partial charge < -0.3 is 14.5 Å². The molecule has 1 aliphatic heterocycles. The number of carbonyl (C=O) groups excluding carboxylic acids is 1. The summed E-state index contributed by atoms with van der Waals surface area (Å²) in [5, 5.41) is 3.00. The van der Waals surface area contributed by atoms with Crippen molar-refractivity contribution in [1.82, 2.24) is 15.3 Å². The zero-order valence-electron chi connectivity index (χ0n) is 13.3. The van der Waals surface area contributed by atoms with Gasteiger partial charge in [0, 0.05) is 29.9 Å². The zero-order chi connectivity index (χ0) is 16.5. The van der Waals surface area contributed by atoms with E-state index in [0.717, 1.165) is 33.4 Å². The fourth-order valence-corrected chi connectivity index (χ4v) is 3.02. The Balaban J connectivity index is 1.77. The summed E-state index contributed by atoms with van der Waals surface area (Å²) in [6, 6.07) is 5.70. The Labute approximate surface area is 138 Å². The maximum Gasteiger partial charge on any atom is 0.220 e. The molecule has 0 saturated carbocycles. The zero-order valence-corrected chi connectivity index (χ0v) is 13.3. The third-order valence-corrected chi connectivity index (χ3v) is 4.29. The Morgan fingerprint density at radius 2 is 2.29 bits per heavy atom. The van der Waals surface area contributed by atoms with Gasteiger partial charge >= 0.3 is 0 Å². The van der Waals surface area contributed by atoms with Gasteiger partial charge in [0.05, 0.1) is 19.3 Å². The Morgan fingerprint density at radius 1 is 1.38 bits per heavy atom. The van der Waals surface area contributed by atoms with E-state index < -0.39 is 0 Å². The van der Waals surface area contributed by atoms with Crippen molar-refractivity contribution in [2.75, 3.05) is 6.61 Å². The van der Waals surface area contributed by atoms with Gasteiger partial charge in [-0.15, -0.1) is 0 Å². The van der Waals surface area contributed by atoms with Crippen LogP contribution in [-0.4, -0.2) is 22.5 Å². The third-order valence-electron chi connectivity index (χ3n) is 4.29. The fourth-order valence-electron chi connectivity index (χ4n) is 3.02. The van der Waals surface area contributed by atoms with Crippen LogP contribution in [-0.2, 0) is 16.1 Å². The highest BCUT2D eigenvalue weighted by Crippen LogP contribution is 2.33. The molecule has 0 fully saturated rings. The van der Waals surface area contributed by atoms with Crippen LogP contribution in [0.2, 0.25) is 0 Å². The number of oxazole rings is 1. The molecular formula is C18H17N3O3. The van der Waals surface area contributed by atoms with Crippen molar-refractivity contribution < 1.29 is 13.9 Å². The van der Waals surface area contributed by atoms with E-state index >= 15 is 0 Å². The van der Waals surface area contributed by atoms with Crippen molar-refractivity contribution in [2.24, 2.45) is 0 Å². The van der Waals surface area contributed by atoms with E-state index in [2.05, 4.69) is 15.3 Å². The van der Waals surface area contributed by atoms with Crippen LogP contribution in [0, 0.1) is 0 Å². The van der Waals surface area contributed by atoms with Gasteiger partial charge in [0.1, 0.15) is 5.52 Å². The van der Waals surface area contributed by atoms with Gasteiger partial charge in [-0.05, 0) is 23.3 Å². The largest absolute Gasteiger partial charge is 0.443 e. The quantitative estimate of drug-likeness (QED) is 0.802. The van der Waals surface area contributed by atoms with E-state index in [1.807, 2.05) is 37.5 Å². The molecule has 0 bridgehead atoms. The maximum atomic E-state index is 11.8. The van der Waals surface area contributed by atoms with Crippen LogP contribution in [0.5, 0.6) is 0 Å². The first-order valence-corrected chi connectivity index (χ1v) is 7.93. The Kier molecular flexibility index (Phi) is 3.74. The van der Waals surface area contributed by atoms with Crippen LogP contribution in [0.15, 0.2) is 41.4 Å². The molecule has 1 unspecified atom stereocenters. The van der Waals surface area contributed by atoms with Crippen LogP contribution < -0.4 is 5.32 Å². The standard InChI is InChI=1S/C18H17N3O3/c1-2-18(22)21-16-9-23-8-14-12(6-19-7-13(14)16)11-3-4-17-15(5-11)20-10-24-17/h3-7,10,16H,2,8-9H2,1H3,(H,21,22). The molecule has 0 saturated heterocycles. The summed E-state index contributed by atoms with van der Waals surface area (Å²) in [5.41, 5.74) is 5.62. The Hall–Kier alpha value is -2.73. The van der Waals surface area contributed by atoms with Gasteiger partial charge in [-0.2, -0.15) is 0 Å². The molecule has 4 rings (SSSR count). The van der Waals surface area contributed by atoms with E-state index in [1.165, 1.54) is 6.39 Å². The monoisotopic (exact) mass is 323 g/mol. The van der Waals surface area contributed by atoms with Gasteiger partial charge in [0.25, 0.3) is 0 Å². The van der Waals surface area contributed by atoms with Crippen molar-refractivity contribution in [3.8, 4) is 11.1 Å². The lowest BCUT2D eigenvalue weighted by molar-refractivity contribution is -0.122. The number of fused-ring (bicyclic) bond motifs is 2. The molecule has 1 amide bonds. The molecule has 2 aromatic heterocycles. The molecule has 3 aromatic rings. The highest BCUT2D eigenvalue weighted by atomic mass is 16.5. The van der Waals surface area contributed by atoms with Gasteiger partial charge in [-0.25, -0.2) is 4.98 Å². The van der Waals surface area contributed by atoms with E-state index in [9.17, 15) is 4.79 Å². The number of rotatable bonds is 3. The number of nitrogens with one attached hydrogen (secondary N) is 1. The second-order valence-corrected chi connectivity index (χ2v) is 5.78. The molecule has 24 heavy (non-hydrogen) atoms. The Bertz CT molecular complexity index is 903. The molecule has 1 atom stereocenters. The summed E-state index contributed by atoms with van der Waals surface area (Å²) >= 11 is 0. The van der Waals surface area contributed by atoms with E-state index in [4.69, 9.17) is 9.15 Å². The average Bonchev–Trinajstić information content (AvgIpc) is 3.09. The van der Waals surface area contributed by atoms with Gasteiger partial charge in [0.2, 0.25) is 5.91 Å². The number of nitrogens with zero attached hydrogens (tertiary/aromatic N) is 2. The summed E-state index contributed by atoms with van der Waals surface area (Å²) in [6.45, 7) is 2.80. The summed E-state index contributed by atoms with van der Waals surface area (Å²) in [7, 11) is 0. The minimum absolute atomic E-state index is 0.00543. The number of aromatic nitrogens is 2. The topological polar surface area (TPSA) is 77.2 Å². The summed E-state index contributed by atoms with van der Waals surface area (Å²) < 4.78 is 11.0. The van der Waals surface area contributed by atoms with E-state index in [0.29, 0.717) is 19.6 Å².